The maximum absolute atomic E-state index is 12.4. The first-order valence-corrected chi connectivity index (χ1v) is 8.94. The fourth-order valence-electron chi connectivity index (χ4n) is 2.70. The highest BCUT2D eigenvalue weighted by Crippen LogP contribution is 2.19. The average molecular weight is 361 g/mol. The fraction of sp³-hybridized carbons (Fsp3) is 0.182. The van der Waals surface area contributed by atoms with Crippen molar-refractivity contribution in [1.82, 2.24) is 10.3 Å². The molecule has 0 radical (unpaired) electrons. The molecule has 1 aromatic heterocycles. The monoisotopic (exact) mass is 361 g/mol. The van der Waals surface area contributed by atoms with Gasteiger partial charge in [0.15, 0.2) is 0 Å². The third kappa shape index (κ3) is 5.31. The lowest BCUT2D eigenvalue weighted by atomic mass is 10.1. The molecule has 1 heterocycles. The minimum absolute atomic E-state index is 0.131. The molecular formula is C22H23N3O2. The van der Waals surface area contributed by atoms with Crippen molar-refractivity contribution in [2.24, 2.45) is 0 Å². The molecule has 2 aromatic carbocycles. The molecule has 0 spiro atoms. The molecule has 3 rings (SSSR count). The summed E-state index contributed by atoms with van der Waals surface area (Å²) < 4.78 is 5.44. The van der Waals surface area contributed by atoms with Crippen molar-refractivity contribution in [2.75, 3.05) is 11.9 Å². The quantitative estimate of drug-likeness (QED) is 0.652. The van der Waals surface area contributed by atoms with Gasteiger partial charge in [0.05, 0.1) is 6.61 Å². The van der Waals surface area contributed by atoms with Crippen molar-refractivity contribution < 1.29 is 9.53 Å². The van der Waals surface area contributed by atoms with Gasteiger partial charge in [-0.25, -0.2) is 4.98 Å². The molecule has 0 fully saturated rings. The van der Waals surface area contributed by atoms with Gasteiger partial charge in [0.2, 0.25) is 0 Å². The molecular weight excluding hydrogens is 338 g/mol. The average Bonchev–Trinajstić information content (AvgIpc) is 2.68. The molecule has 1 amide bonds. The minimum atomic E-state index is -0.131. The van der Waals surface area contributed by atoms with E-state index in [1.807, 2.05) is 56.3 Å². The Kier molecular flexibility index (Phi) is 6.05. The zero-order chi connectivity index (χ0) is 19.1. The first kappa shape index (κ1) is 18.5. The van der Waals surface area contributed by atoms with Gasteiger partial charge in [0.1, 0.15) is 11.6 Å². The maximum atomic E-state index is 12.4. The molecule has 0 bridgehead atoms. The SMILES string of the molecule is CCOc1ccc(Nc2cc(C(=O)NCc3cccc(C)c3)ccn2)cc1. The summed E-state index contributed by atoms with van der Waals surface area (Å²) in [6.45, 7) is 5.11. The van der Waals surface area contributed by atoms with E-state index in [1.54, 1.807) is 18.3 Å². The zero-order valence-corrected chi connectivity index (χ0v) is 15.5. The Morgan fingerprint density at radius 2 is 1.89 bits per heavy atom. The summed E-state index contributed by atoms with van der Waals surface area (Å²) in [6.07, 6.45) is 1.62. The number of hydrogen-bond donors (Lipinski definition) is 2. The van der Waals surface area contributed by atoms with Crippen molar-refractivity contribution in [3.63, 3.8) is 0 Å². The summed E-state index contributed by atoms with van der Waals surface area (Å²) in [5.41, 5.74) is 3.69. The molecule has 27 heavy (non-hydrogen) atoms. The summed E-state index contributed by atoms with van der Waals surface area (Å²) in [6, 6.07) is 19.1. The molecule has 0 aliphatic carbocycles. The lowest BCUT2D eigenvalue weighted by Crippen LogP contribution is -2.22. The number of ether oxygens (including phenoxy) is 1. The van der Waals surface area contributed by atoms with Crippen LogP contribution in [0.3, 0.4) is 0 Å². The number of amides is 1. The van der Waals surface area contributed by atoms with Crippen LogP contribution in [0.15, 0.2) is 66.9 Å². The van der Waals surface area contributed by atoms with E-state index in [9.17, 15) is 4.79 Å². The normalized spacial score (nSPS) is 10.3. The van der Waals surface area contributed by atoms with Gasteiger partial charge >= 0.3 is 0 Å². The van der Waals surface area contributed by atoms with Gasteiger partial charge in [-0.15, -0.1) is 0 Å². The molecule has 0 saturated heterocycles. The summed E-state index contributed by atoms with van der Waals surface area (Å²) in [5, 5.41) is 6.15. The summed E-state index contributed by atoms with van der Waals surface area (Å²) in [5.74, 6) is 1.30. The van der Waals surface area contributed by atoms with Crippen molar-refractivity contribution in [3.8, 4) is 5.75 Å². The van der Waals surface area contributed by atoms with E-state index < -0.39 is 0 Å². The summed E-state index contributed by atoms with van der Waals surface area (Å²) >= 11 is 0. The second-order valence-corrected chi connectivity index (χ2v) is 6.18. The Hall–Kier alpha value is -3.34. The predicted octanol–water partition coefficient (Wildman–Crippen LogP) is 4.46. The molecule has 2 N–H and O–H groups in total. The Balaban J connectivity index is 1.63. The number of carbonyl (C=O) groups is 1. The molecule has 0 saturated carbocycles. The minimum Gasteiger partial charge on any atom is -0.494 e. The van der Waals surface area contributed by atoms with Crippen LogP contribution >= 0.6 is 0 Å². The number of hydrogen-bond acceptors (Lipinski definition) is 4. The number of rotatable bonds is 7. The Morgan fingerprint density at radius 3 is 2.63 bits per heavy atom. The Labute approximate surface area is 159 Å². The first-order valence-electron chi connectivity index (χ1n) is 8.94. The van der Waals surface area contributed by atoms with Crippen LogP contribution < -0.4 is 15.4 Å². The number of benzene rings is 2. The molecule has 138 valence electrons. The van der Waals surface area contributed by atoms with Gasteiger partial charge in [-0.1, -0.05) is 29.8 Å². The lowest BCUT2D eigenvalue weighted by molar-refractivity contribution is 0.0951. The highest BCUT2D eigenvalue weighted by Gasteiger charge is 2.07. The molecule has 0 aliphatic heterocycles. The number of pyridine rings is 1. The topological polar surface area (TPSA) is 63.2 Å². The standard InChI is InChI=1S/C22H23N3O2/c1-3-27-20-9-7-19(8-10-20)25-21-14-18(11-12-23-21)22(26)24-15-17-6-4-5-16(2)13-17/h4-14H,3,15H2,1-2H3,(H,23,25)(H,24,26). The number of nitrogens with zero attached hydrogens (tertiary/aromatic N) is 1. The van der Waals surface area contributed by atoms with E-state index in [0.29, 0.717) is 24.5 Å². The zero-order valence-electron chi connectivity index (χ0n) is 15.5. The molecule has 3 aromatic rings. The highest BCUT2D eigenvalue weighted by atomic mass is 16.5. The summed E-state index contributed by atoms with van der Waals surface area (Å²) in [4.78, 5) is 16.7. The van der Waals surface area contributed by atoms with E-state index in [0.717, 1.165) is 17.0 Å². The van der Waals surface area contributed by atoms with E-state index in [2.05, 4.69) is 21.7 Å². The highest BCUT2D eigenvalue weighted by molar-refractivity contribution is 5.94. The second kappa shape index (κ2) is 8.85. The van der Waals surface area contributed by atoms with Gasteiger partial charge < -0.3 is 15.4 Å². The number of aromatic nitrogens is 1. The fourth-order valence-corrected chi connectivity index (χ4v) is 2.70. The smallest absolute Gasteiger partial charge is 0.251 e. The molecule has 5 nitrogen and oxygen atoms in total. The predicted molar refractivity (Wildman–Crippen MR) is 107 cm³/mol. The Bertz CT molecular complexity index is 907. The van der Waals surface area contributed by atoms with Crippen LogP contribution in [0.1, 0.15) is 28.4 Å². The number of carbonyl (C=O) groups excluding carboxylic acids is 1. The van der Waals surface area contributed by atoms with Crippen LogP contribution in [-0.4, -0.2) is 17.5 Å². The van der Waals surface area contributed by atoms with Crippen molar-refractivity contribution in [3.05, 3.63) is 83.6 Å². The number of aryl methyl sites for hydroxylation is 1. The van der Waals surface area contributed by atoms with Crippen LogP contribution in [0.25, 0.3) is 0 Å². The van der Waals surface area contributed by atoms with Crippen molar-refractivity contribution >= 4 is 17.4 Å². The molecule has 0 aliphatic rings. The molecule has 5 heteroatoms. The van der Waals surface area contributed by atoms with Gasteiger partial charge in [-0.2, -0.15) is 0 Å². The van der Waals surface area contributed by atoms with Crippen LogP contribution in [0.5, 0.6) is 5.75 Å². The van der Waals surface area contributed by atoms with Crippen LogP contribution in [0.2, 0.25) is 0 Å². The van der Waals surface area contributed by atoms with E-state index >= 15 is 0 Å². The largest absolute Gasteiger partial charge is 0.494 e. The van der Waals surface area contributed by atoms with Gasteiger partial charge in [-0.3, -0.25) is 4.79 Å². The second-order valence-electron chi connectivity index (χ2n) is 6.18. The van der Waals surface area contributed by atoms with Crippen molar-refractivity contribution in [2.45, 2.75) is 20.4 Å². The van der Waals surface area contributed by atoms with Gasteiger partial charge in [0, 0.05) is 24.0 Å². The third-order valence-electron chi connectivity index (χ3n) is 4.00. The third-order valence-corrected chi connectivity index (χ3v) is 4.00. The van der Waals surface area contributed by atoms with E-state index in [1.165, 1.54) is 5.56 Å². The van der Waals surface area contributed by atoms with E-state index in [-0.39, 0.29) is 5.91 Å². The summed E-state index contributed by atoms with van der Waals surface area (Å²) in [7, 11) is 0. The first-order chi connectivity index (χ1) is 13.1. The van der Waals surface area contributed by atoms with Crippen LogP contribution in [0, 0.1) is 6.92 Å². The van der Waals surface area contributed by atoms with Crippen LogP contribution in [0.4, 0.5) is 11.5 Å². The molecule has 0 unspecified atom stereocenters. The maximum Gasteiger partial charge on any atom is 0.251 e. The lowest BCUT2D eigenvalue weighted by Gasteiger charge is -2.09. The van der Waals surface area contributed by atoms with Crippen LogP contribution in [-0.2, 0) is 6.54 Å². The van der Waals surface area contributed by atoms with E-state index in [4.69, 9.17) is 4.74 Å². The van der Waals surface area contributed by atoms with Gasteiger partial charge in [-0.05, 0) is 55.8 Å². The van der Waals surface area contributed by atoms with Gasteiger partial charge in [0.25, 0.3) is 5.91 Å². The number of anilines is 2. The van der Waals surface area contributed by atoms with Crippen molar-refractivity contribution in [1.29, 1.82) is 0 Å². The number of nitrogens with one attached hydrogen (secondary N) is 2. The molecule has 0 atom stereocenters. The Morgan fingerprint density at radius 1 is 1.07 bits per heavy atom.